The van der Waals surface area contributed by atoms with Crippen LogP contribution in [0.2, 0.25) is 0 Å². The number of methoxy groups -OCH3 is 2. The van der Waals surface area contributed by atoms with Crippen molar-refractivity contribution < 1.29 is 31.5 Å². The van der Waals surface area contributed by atoms with Gasteiger partial charge in [-0.2, -0.15) is 0 Å². The molecule has 0 unspecified atom stereocenters. The average Bonchev–Trinajstić information content (AvgIpc) is 2.53. The summed E-state index contributed by atoms with van der Waals surface area (Å²) in [5.41, 5.74) is -0.131. The van der Waals surface area contributed by atoms with Crippen molar-refractivity contribution in [1.82, 2.24) is 0 Å². The van der Waals surface area contributed by atoms with Crippen molar-refractivity contribution >= 4 is 21.7 Å². The van der Waals surface area contributed by atoms with Crippen molar-refractivity contribution in [3.05, 3.63) is 53.6 Å². The predicted octanol–water partition coefficient (Wildman–Crippen LogP) is 2.56. The van der Waals surface area contributed by atoms with Gasteiger partial charge in [-0.15, -0.1) is 0 Å². The molecule has 128 valence electrons. The number of hydrogen-bond donors (Lipinski definition) is 1. The van der Waals surface area contributed by atoms with Crippen molar-refractivity contribution in [3.8, 4) is 5.75 Å². The SMILES string of the molecule is COC(=O)c1ccc(OC)c(NS(=O)(=O)c2c(F)cccc2F)c1. The fourth-order valence-corrected chi connectivity index (χ4v) is 3.17. The van der Waals surface area contributed by atoms with Gasteiger partial charge < -0.3 is 9.47 Å². The van der Waals surface area contributed by atoms with E-state index in [4.69, 9.17) is 4.74 Å². The van der Waals surface area contributed by atoms with Gasteiger partial charge in [0.1, 0.15) is 17.4 Å². The number of sulfonamides is 1. The molecular weight excluding hydrogens is 344 g/mol. The number of esters is 1. The first-order valence-corrected chi connectivity index (χ1v) is 8.01. The summed E-state index contributed by atoms with van der Waals surface area (Å²) in [4.78, 5) is 10.4. The zero-order valence-electron chi connectivity index (χ0n) is 12.7. The summed E-state index contributed by atoms with van der Waals surface area (Å²) in [6.45, 7) is 0. The molecule has 24 heavy (non-hydrogen) atoms. The average molecular weight is 357 g/mol. The number of ether oxygens (including phenoxy) is 2. The van der Waals surface area contributed by atoms with Crippen LogP contribution in [0, 0.1) is 11.6 Å². The second-order valence-corrected chi connectivity index (χ2v) is 6.18. The van der Waals surface area contributed by atoms with Crippen LogP contribution < -0.4 is 9.46 Å². The third-order valence-electron chi connectivity index (χ3n) is 3.05. The Bertz CT molecular complexity index is 863. The van der Waals surface area contributed by atoms with Gasteiger partial charge in [0, 0.05) is 0 Å². The molecule has 2 aromatic carbocycles. The maximum Gasteiger partial charge on any atom is 0.337 e. The zero-order valence-corrected chi connectivity index (χ0v) is 13.5. The highest BCUT2D eigenvalue weighted by atomic mass is 32.2. The molecule has 0 atom stereocenters. The molecule has 0 fully saturated rings. The lowest BCUT2D eigenvalue weighted by Gasteiger charge is -2.13. The van der Waals surface area contributed by atoms with E-state index in [2.05, 4.69) is 4.74 Å². The van der Waals surface area contributed by atoms with E-state index in [0.29, 0.717) is 0 Å². The molecule has 0 aliphatic carbocycles. The molecule has 0 saturated carbocycles. The fourth-order valence-electron chi connectivity index (χ4n) is 1.97. The number of halogens is 2. The van der Waals surface area contributed by atoms with Gasteiger partial charge in [0.25, 0.3) is 10.0 Å². The topological polar surface area (TPSA) is 81.7 Å². The van der Waals surface area contributed by atoms with Crippen molar-refractivity contribution in [1.29, 1.82) is 0 Å². The van der Waals surface area contributed by atoms with Gasteiger partial charge in [-0.3, -0.25) is 4.72 Å². The Morgan fingerprint density at radius 2 is 1.71 bits per heavy atom. The zero-order chi connectivity index (χ0) is 17.9. The summed E-state index contributed by atoms with van der Waals surface area (Å²) in [7, 11) is -2.16. The second-order valence-electron chi connectivity index (χ2n) is 4.56. The lowest BCUT2D eigenvalue weighted by atomic mass is 10.2. The lowest BCUT2D eigenvalue weighted by Crippen LogP contribution is -2.17. The highest BCUT2D eigenvalue weighted by molar-refractivity contribution is 7.92. The van der Waals surface area contributed by atoms with Crippen LogP contribution in [0.4, 0.5) is 14.5 Å². The maximum atomic E-state index is 13.7. The Morgan fingerprint density at radius 3 is 2.25 bits per heavy atom. The summed E-state index contributed by atoms with van der Waals surface area (Å²) in [5, 5.41) is 0. The third-order valence-corrected chi connectivity index (χ3v) is 4.47. The summed E-state index contributed by atoms with van der Waals surface area (Å²) in [6, 6.07) is 6.50. The van der Waals surface area contributed by atoms with Crippen LogP contribution >= 0.6 is 0 Å². The maximum absolute atomic E-state index is 13.7. The molecule has 6 nitrogen and oxygen atoms in total. The summed E-state index contributed by atoms with van der Waals surface area (Å²) >= 11 is 0. The van der Waals surface area contributed by atoms with Gasteiger partial charge in [-0.05, 0) is 30.3 Å². The van der Waals surface area contributed by atoms with Gasteiger partial charge in [0.15, 0.2) is 4.90 Å². The molecule has 0 spiro atoms. The molecule has 1 N–H and O–H groups in total. The summed E-state index contributed by atoms with van der Waals surface area (Å²) in [5.74, 6) is -3.14. The number of carbonyl (C=O) groups is 1. The number of rotatable bonds is 5. The molecule has 0 bridgehead atoms. The quantitative estimate of drug-likeness (QED) is 0.832. The van der Waals surface area contributed by atoms with E-state index in [1.54, 1.807) is 0 Å². The van der Waals surface area contributed by atoms with Gasteiger partial charge in [-0.1, -0.05) is 6.07 Å². The molecule has 2 rings (SSSR count). The van der Waals surface area contributed by atoms with Crippen LogP contribution in [0.25, 0.3) is 0 Å². The lowest BCUT2D eigenvalue weighted by molar-refractivity contribution is 0.0600. The minimum absolute atomic E-state index is 0.0324. The van der Waals surface area contributed by atoms with Crippen molar-refractivity contribution in [2.45, 2.75) is 4.90 Å². The highest BCUT2D eigenvalue weighted by Crippen LogP contribution is 2.29. The Balaban J connectivity index is 2.51. The molecule has 0 radical (unpaired) electrons. The summed E-state index contributed by atoms with van der Waals surface area (Å²) in [6.07, 6.45) is 0. The van der Waals surface area contributed by atoms with Gasteiger partial charge >= 0.3 is 5.97 Å². The minimum Gasteiger partial charge on any atom is -0.495 e. The minimum atomic E-state index is -4.59. The van der Waals surface area contributed by atoms with E-state index in [1.165, 1.54) is 19.2 Å². The van der Waals surface area contributed by atoms with Crippen LogP contribution in [0.3, 0.4) is 0 Å². The normalized spacial score (nSPS) is 11.0. The van der Waals surface area contributed by atoms with E-state index in [0.717, 1.165) is 31.4 Å². The first-order chi connectivity index (χ1) is 11.3. The van der Waals surface area contributed by atoms with Gasteiger partial charge in [0.2, 0.25) is 0 Å². The molecule has 0 heterocycles. The molecule has 0 saturated heterocycles. The van der Waals surface area contributed by atoms with E-state index < -0.39 is 32.5 Å². The van der Waals surface area contributed by atoms with Crippen LogP contribution in [0.1, 0.15) is 10.4 Å². The van der Waals surface area contributed by atoms with Crippen LogP contribution in [0.5, 0.6) is 5.75 Å². The van der Waals surface area contributed by atoms with E-state index in [9.17, 15) is 22.0 Å². The first kappa shape index (κ1) is 17.7. The standard InChI is InChI=1S/C15H13F2NO5S/c1-22-13-7-6-9(15(19)23-2)8-12(13)18-24(20,21)14-10(16)4-3-5-11(14)17/h3-8,18H,1-2H3. The van der Waals surface area contributed by atoms with Gasteiger partial charge in [-0.25, -0.2) is 22.0 Å². The van der Waals surface area contributed by atoms with E-state index >= 15 is 0 Å². The van der Waals surface area contributed by atoms with Crippen molar-refractivity contribution in [2.75, 3.05) is 18.9 Å². The Kier molecular flexibility index (Phi) is 5.03. The van der Waals surface area contributed by atoms with E-state index in [1.807, 2.05) is 4.72 Å². The Morgan fingerprint density at radius 1 is 1.08 bits per heavy atom. The number of benzene rings is 2. The van der Waals surface area contributed by atoms with Crippen LogP contribution in [-0.4, -0.2) is 28.6 Å². The largest absolute Gasteiger partial charge is 0.495 e. The number of nitrogens with one attached hydrogen (secondary N) is 1. The van der Waals surface area contributed by atoms with Crippen molar-refractivity contribution in [3.63, 3.8) is 0 Å². The third kappa shape index (κ3) is 3.46. The summed E-state index contributed by atoms with van der Waals surface area (Å²) < 4.78 is 63.6. The highest BCUT2D eigenvalue weighted by Gasteiger charge is 2.25. The first-order valence-electron chi connectivity index (χ1n) is 6.53. The number of anilines is 1. The van der Waals surface area contributed by atoms with Crippen molar-refractivity contribution in [2.24, 2.45) is 0 Å². The molecule has 0 aliphatic rings. The predicted molar refractivity (Wildman–Crippen MR) is 81.5 cm³/mol. The molecule has 0 aromatic heterocycles. The number of hydrogen-bond acceptors (Lipinski definition) is 5. The molecule has 9 heteroatoms. The van der Waals surface area contributed by atoms with E-state index in [-0.39, 0.29) is 17.0 Å². The number of carbonyl (C=O) groups excluding carboxylic acids is 1. The molecule has 0 amide bonds. The second kappa shape index (κ2) is 6.83. The van der Waals surface area contributed by atoms with Gasteiger partial charge in [0.05, 0.1) is 25.5 Å². The fraction of sp³-hybridized carbons (Fsp3) is 0.133. The van der Waals surface area contributed by atoms with Crippen LogP contribution in [-0.2, 0) is 14.8 Å². The molecule has 2 aromatic rings. The smallest absolute Gasteiger partial charge is 0.337 e. The molecular formula is C15H13F2NO5S. The molecule has 0 aliphatic heterocycles. The van der Waals surface area contributed by atoms with Crippen LogP contribution in [0.15, 0.2) is 41.3 Å². The monoisotopic (exact) mass is 357 g/mol. The Hall–Kier alpha value is -2.68. The Labute approximate surface area is 137 Å².